The van der Waals surface area contributed by atoms with Crippen LogP contribution in [0.2, 0.25) is 0 Å². The fourth-order valence-corrected chi connectivity index (χ4v) is 1.54. The lowest BCUT2D eigenvalue weighted by atomic mass is 10.0. The second kappa shape index (κ2) is 2.26. The van der Waals surface area contributed by atoms with Crippen LogP contribution in [0.4, 0.5) is 0 Å². The van der Waals surface area contributed by atoms with E-state index in [9.17, 15) is 4.79 Å². The van der Waals surface area contributed by atoms with Crippen molar-refractivity contribution in [2.24, 2.45) is 11.8 Å². The van der Waals surface area contributed by atoms with Gasteiger partial charge in [0, 0.05) is 5.92 Å². The molecule has 1 atom stereocenters. The molecule has 10 heavy (non-hydrogen) atoms. The quantitative estimate of drug-likeness (QED) is 0.541. The van der Waals surface area contributed by atoms with E-state index < -0.39 is 0 Å². The maximum absolute atomic E-state index is 10.6. The lowest BCUT2D eigenvalue weighted by Gasteiger charge is -2.01. The third kappa shape index (κ3) is 1.31. The number of hydrogen-bond acceptors (Lipinski definition) is 2. The van der Waals surface area contributed by atoms with Gasteiger partial charge in [0.05, 0.1) is 13.0 Å². The summed E-state index contributed by atoms with van der Waals surface area (Å²) in [5.41, 5.74) is 0. The monoisotopic (exact) mass is 140 g/mol. The predicted octanol–water partition coefficient (Wildman–Crippen LogP) is 1.35. The molecule has 0 radical (unpaired) electrons. The summed E-state index contributed by atoms with van der Waals surface area (Å²) in [6.45, 7) is 0.690. The van der Waals surface area contributed by atoms with Gasteiger partial charge in [-0.05, 0) is 12.3 Å². The molecule has 0 aromatic rings. The van der Waals surface area contributed by atoms with Crippen LogP contribution in [0.3, 0.4) is 0 Å². The van der Waals surface area contributed by atoms with Crippen LogP contribution in [-0.2, 0) is 9.53 Å². The smallest absolute Gasteiger partial charge is 0.306 e. The minimum absolute atomic E-state index is 0.00523. The first kappa shape index (κ1) is 6.20. The SMILES string of the molecule is O=C1CC(CC2CC2)CO1. The zero-order valence-electron chi connectivity index (χ0n) is 6.01. The number of ether oxygens (including phenoxy) is 1. The molecule has 2 rings (SSSR count). The van der Waals surface area contributed by atoms with E-state index in [0.717, 1.165) is 5.92 Å². The molecule has 56 valence electrons. The van der Waals surface area contributed by atoms with Crippen LogP contribution in [-0.4, -0.2) is 12.6 Å². The molecule has 0 N–H and O–H groups in total. The molecule has 2 aliphatic rings. The lowest BCUT2D eigenvalue weighted by molar-refractivity contribution is -0.137. The number of hydrogen-bond donors (Lipinski definition) is 0. The highest BCUT2D eigenvalue weighted by Crippen LogP contribution is 2.37. The summed E-state index contributed by atoms with van der Waals surface area (Å²) in [6.07, 6.45) is 4.66. The molecular weight excluding hydrogens is 128 g/mol. The Morgan fingerprint density at radius 2 is 2.20 bits per heavy atom. The van der Waals surface area contributed by atoms with Crippen molar-refractivity contribution in [3.63, 3.8) is 0 Å². The molecule has 0 bridgehead atoms. The molecule has 2 heteroatoms. The molecular formula is C8H12O2. The zero-order chi connectivity index (χ0) is 6.97. The van der Waals surface area contributed by atoms with Gasteiger partial charge >= 0.3 is 5.97 Å². The number of rotatable bonds is 2. The van der Waals surface area contributed by atoms with E-state index >= 15 is 0 Å². The fraction of sp³-hybridized carbons (Fsp3) is 0.875. The Labute approximate surface area is 60.6 Å². The van der Waals surface area contributed by atoms with Crippen LogP contribution in [0.1, 0.15) is 25.7 Å². The molecule has 2 fully saturated rings. The predicted molar refractivity (Wildman–Crippen MR) is 36.4 cm³/mol. The van der Waals surface area contributed by atoms with Crippen LogP contribution in [0.25, 0.3) is 0 Å². The maximum atomic E-state index is 10.6. The van der Waals surface area contributed by atoms with E-state index in [2.05, 4.69) is 0 Å². The molecule has 2 nitrogen and oxygen atoms in total. The number of carbonyl (C=O) groups is 1. The third-order valence-electron chi connectivity index (χ3n) is 2.30. The largest absolute Gasteiger partial charge is 0.465 e. The summed E-state index contributed by atoms with van der Waals surface area (Å²) in [4.78, 5) is 10.6. The Morgan fingerprint density at radius 1 is 1.40 bits per heavy atom. The van der Waals surface area contributed by atoms with Gasteiger partial charge in [-0.15, -0.1) is 0 Å². The van der Waals surface area contributed by atoms with Crippen molar-refractivity contribution in [2.45, 2.75) is 25.7 Å². The molecule has 0 aromatic heterocycles. The molecule has 0 spiro atoms. The molecule has 1 saturated carbocycles. The van der Waals surface area contributed by atoms with Gasteiger partial charge in [0.2, 0.25) is 0 Å². The van der Waals surface area contributed by atoms with Crippen LogP contribution < -0.4 is 0 Å². The summed E-state index contributed by atoms with van der Waals surface area (Å²) < 4.78 is 4.86. The first-order valence-corrected chi connectivity index (χ1v) is 4.00. The van der Waals surface area contributed by atoms with Crippen molar-refractivity contribution in [2.75, 3.05) is 6.61 Å². The van der Waals surface area contributed by atoms with Crippen molar-refractivity contribution >= 4 is 5.97 Å². The Balaban J connectivity index is 1.77. The van der Waals surface area contributed by atoms with E-state index in [0.29, 0.717) is 18.9 Å². The molecule has 1 saturated heterocycles. The van der Waals surface area contributed by atoms with Gasteiger partial charge in [-0.25, -0.2) is 0 Å². The number of cyclic esters (lactones) is 1. The second-order valence-corrected chi connectivity index (χ2v) is 3.43. The van der Waals surface area contributed by atoms with Gasteiger partial charge in [0.15, 0.2) is 0 Å². The van der Waals surface area contributed by atoms with Crippen molar-refractivity contribution in [3.05, 3.63) is 0 Å². The first-order valence-electron chi connectivity index (χ1n) is 4.00. The van der Waals surface area contributed by atoms with Gasteiger partial charge in [0.25, 0.3) is 0 Å². The summed E-state index contributed by atoms with van der Waals surface area (Å²) in [5.74, 6) is 1.49. The lowest BCUT2D eigenvalue weighted by Crippen LogP contribution is -1.99. The van der Waals surface area contributed by atoms with E-state index in [1.165, 1.54) is 19.3 Å². The summed E-state index contributed by atoms with van der Waals surface area (Å²) in [7, 11) is 0. The van der Waals surface area contributed by atoms with E-state index in [1.807, 2.05) is 0 Å². The first-order chi connectivity index (χ1) is 4.84. The highest BCUT2D eigenvalue weighted by Gasteiger charge is 2.30. The summed E-state index contributed by atoms with van der Waals surface area (Å²) in [6, 6.07) is 0. The van der Waals surface area contributed by atoms with Gasteiger partial charge in [-0.1, -0.05) is 12.8 Å². The van der Waals surface area contributed by atoms with Gasteiger partial charge in [0.1, 0.15) is 0 Å². The molecule has 1 heterocycles. The summed E-state index contributed by atoms with van der Waals surface area (Å²) in [5, 5.41) is 0. The van der Waals surface area contributed by atoms with E-state index in [1.54, 1.807) is 0 Å². The summed E-state index contributed by atoms with van der Waals surface area (Å²) >= 11 is 0. The highest BCUT2D eigenvalue weighted by molar-refractivity contribution is 5.71. The van der Waals surface area contributed by atoms with Crippen LogP contribution in [0.5, 0.6) is 0 Å². The minimum Gasteiger partial charge on any atom is -0.465 e. The molecule has 0 amide bonds. The Kier molecular flexibility index (Phi) is 1.40. The average Bonchev–Trinajstić information content (AvgIpc) is 2.59. The third-order valence-corrected chi connectivity index (χ3v) is 2.30. The van der Waals surface area contributed by atoms with Crippen molar-refractivity contribution < 1.29 is 9.53 Å². The average molecular weight is 140 g/mol. The maximum Gasteiger partial charge on any atom is 0.306 e. The van der Waals surface area contributed by atoms with Gasteiger partial charge in [-0.2, -0.15) is 0 Å². The van der Waals surface area contributed by atoms with E-state index in [-0.39, 0.29) is 5.97 Å². The Morgan fingerprint density at radius 3 is 2.70 bits per heavy atom. The van der Waals surface area contributed by atoms with Crippen molar-refractivity contribution in [1.82, 2.24) is 0 Å². The standard InChI is InChI=1S/C8H12O2/c9-8-4-7(5-10-8)3-6-1-2-6/h6-7H,1-5H2. The number of carbonyl (C=O) groups excluding carboxylic acids is 1. The Bertz CT molecular complexity index is 149. The molecule has 1 unspecified atom stereocenters. The van der Waals surface area contributed by atoms with Crippen LogP contribution >= 0.6 is 0 Å². The van der Waals surface area contributed by atoms with Crippen molar-refractivity contribution in [1.29, 1.82) is 0 Å². The Hall–Kier alpha value is -0.530. The van der Waals surface area contributed by atoms with Crippen LogP contribution in [0.15, 0.2) is 0 Å². The van der Waals surface area contributed by atoms with E-state index in [4.69, 9.17) is 4.74 Å². The second-order valence-electron chi connectivity index (χ2n) is 3.43. The zero-order valence-corrected chi connectivity index (χ0v) is 6.01. The van der Waals surface area contributed by atoms with Gasteiger partial charge in [-0.3, -0.25) is 4.79 Å². The topological polar surface area (TPSA) is 26.3 Å². The number of esters is 1. The molecule has 1 aliphatic carbocycles. The van der Waals surface area contributed by atoms with Gasteiger partial charge < -0.3 is 4.74 Å². The minimum atomic E-state index is 0.00523. The highest BCUT2D eigenvalue weighted by atomic mass is 16.5. The molecule has 0 aromatic carbocycles. The van der Waals surface area contributed by atoms with Crippen LogP contribution in [0, 0.1) is 11.8 Å². The normalized spacial score (nSPS) is 32.4. The fourth-order valence-electron chi connectivity index (χ4n) is 1.54. The molecule has 1 aliphatic heterocycles. The van der Waals surface area contributed by atoms with Crippen molar-refractivity contribution in [3.8, 4) is 0 Å².